The van der Waals surface area contributed by atoms with E-state index >= 15 is 0 Å². The van der Waals surface area contributed by atoms with E-state index in [0.717, 1.165) is 19.3 Å². The van der Waals surface area contributed by atoms with Gasteiger partial charge in [0.1, 0.15) is 0 Å². The van der Waals surface area contributed by atoms with Crippen molar-refractivity contribution in [2.24, 2.45) is 5.92 Å². The molecule has 0 aliphatic rings. The number of hydrogen-bond acceptors (Lipinski definition) is 3. The van der Waals surface area contributed by atoms with Crippen LogP contribution in [0.15, 0.2) is 41.8 Å². The van der Waals surface area contributed by atoms with E-state index in [1.165, 1.54) is 18.2 Å². The third kappa shape index (κ3) is 6.84. The minimum atomic E-state index is -3.63. The average Bonchev–Trinajstić information content (AvgIpc) is 2.52. The monoisotopic (exact) mass is 352 g/mol. The number of hydrogen-bond donors (Lipinski definition) is 2. The van der Waals surface area contributed by atoms with Gasteiger partial charge in [0.15, 0.2) is 0 Å². The molecular formula is C18H28N2O3S. The molecular weight excluding hydrogens is 324 g/mol. The van der Waals surface area contributed by atoms with Crippen LogP contribution in [-0.2, 0) is 10.0 Å². The Bertz CT molecular complexity index is 654. The van der Waals surface area contributed by atoms with Crippen LogP contribution in [0, 0.1) is 5.92 Å². The Hall–Kier alpha value is -1.66. The van der Waals surface area contributed by atoms with Crippen molar-refractivity contribution < 1.29 is 13.2 Å². The lowest BCUT2D eigenvalue weighted by molar-refractivity contribution is 0.0937. The molecule has 0 aliphatic carbocycles. The molecule has 0 heterocycles. The van der Waals surface area contributed by atoms with Gasteiger partial charge in [-0.05, 0) is 37.5 Å². The van der Waals surface area contributed by atoms with Gasteiger partial charge in [0.25, 0.3) is 5.91 Å². The van der Waals surface area contributed by atoms with Gasteiger partial charge in [-0.3, -0.25) is 4.79 Å². The number of carbonyl (C=O) groups excluding carboxylic acids is 1. The number of sulfonamides is 1. The molecule has 0 fully saturated rings. The first-order chi connectivity index (χ1) is 11.3. The molecule has 5 nitrogen and oxygen atoms in total. The van der Waals surface area contributed by atoms with Crippen LogP contribution in [0.4, 0.5) is 0 Å². The van der Waals surface area contributed by atoms with Crippen LogP contribution in [0.5, 0.6) is 0 Å². The van der Waals surface area contributed by atoms with Gasteiger partial charge in [-0.2, -0.15) is 0 Å². The summed E-state index contributed by atoms with van der Waals surface area (Å²) in [4.78, 5) is 12.4. The van der Waals surface area contributed by atoms with Crippen LogP contribution in [0.3, 0.4) is 0 Å². The highest BCUT2D eigenvalue weighted by molar-refractivity contribution is 7.89. The molecule has 0 spiro atoms. The summed E-state index contributed by atoms with van der Waals surface area (Å²) in [6, 6.07) is 6.09. The second-order valence-electron chi connectivity index (χ2n) is 6.37. The minimum Gasteiger partial charge on any atom is -0.350 e. The lowest BCUT2D eigenvalue weighted by atomic mass is 10.0. The summed E-state index contributed by atoms with van der Waals surface area (Å²) in [5.74, 6) is 0.394. The minimum absolute atomic E-state index is 0.0513. The van der Waals surface area contributed by atoms with Gasteiger partial charge in [0.05, 0.1) is 4.90 Å². The molecule has 0 unspecified atom stereocenters. The number of nitrogens with one attached hydrogen (secondary N) is 2. The molecule has 6 heteroatoms. The van der Waals surface area contributed by atoms with Crippen molar-refractivity contribution in [1.82, 2.24) is 10.0 Å². The van der Waals surface area contributed by atoms with Crippen molar-refractivity contribution in [1.29, 1.82) is 0 Å². The molecule has 1 amide bonds. The van der Waals surface area contributed by atoms with E-state index in [9.17, 15) is 13.2 Å². The van der Waals surface area contributed by atoms with Gasteiger partial charge < -0.3 is 5.32 Å². The topological polar surface area (TPSA) is 75.3 Å². The Labute approximate surface area is 145 Å². The zero-order valence-corrected chi connectivity index (χ0v) is 15.5. The Balaban J connectivity index is 2.71. The fraction of sp³-hybridized carbons (Fsp3) is 0.500. The molecule has 0 saturated carbocycles. The van der Waals surface area contributed by atoms with E-state index < -0.39 is 10.0 Å². The highest BCUT2D eigenvalue weighted by atomic mass is 32.2. The fourth-order valence-electron chi connectivity index (χ4n) is 2.27. The van der Waals surface area contributed by atoms with E-state index in [4.69, 9.17) is 0 Å². The van der Waals surface area contributed by atoms with E-state index in [2.05, 4.69) is 30.5 Å². The molecule has 2 N–H and O–H groups in total. The van der Waals surface area contributed by atoms with E-state index in [-0.39, 0.29) is 23.4 Å². The Morgan fingerprint density at radius 3 is 2.58 bits per heavy atom. The van der Waals surface area contributed by atoms with Crippen LogP contribution >= 0.6 is 0 Å². The molecule has 134 valence electrons. The smallest absolute Gasteiger partial charge is 0.251 e. The molecule has 1 rings (SSSR count). The normalized spacial score (nSPS) is 12.8. The van der Waals surface area contributed by atoms with Gasteiger partial charge in [0.2, 0.25) is 10.0 Å². The standard InChI is InChI=1S/C18H28N2O3S/c1-5-12-19-24(22,23)17-11-7-10-16(13-17)18(21)20-15(4)9-6-8-14(2)3/h5,7,10-11,13-15,19H,1,6,8-9,12H2,2-4H3,(H,20,21)/t15-/m0/s1. The zero-order valence-electron chi connectivity index (χ0n) is 14.7. The molecule has 1 aromatic rings. The number of amides is 1. The molecule has 1 atom stereocenters. The van der Waals surface area contributed by atoms with Gasteiger partial charge >= 0.3 is 0 Å². The van der Waals surface area contributed by atoms with Crippen LogP contribution < -0.4 is 10.0 Å². The van der Waals surface area contributed by atoms with Crippen LogP contribution in [0.25, 0.3) is 0 Å². The van der Waals surface area contributed by atoms with Crippen molar-refractivity contribution >= 4 is 15.9 Å². The van der Waals surface area contributed by atoms with Gasteiger partial charge in [-0.15, -0.1) is 6.58 Å². The maximum atomic E-state index is 12.3. The first-order valence-electron chi connectivity index (χ1n) is 8.27. The van der Waals surface area contributed by atoms with E-state index in [1.54, 1.807) is 12.1 Å². The molecule has 0 aromatic heterocycles. The Morgan fingerprint density at radius 1 is 1.25 bits per heavy atom. The van der Waals surface area contributed by atoms with Crippen LogP contribution in [0.2, 0.25) is 0 Å². The second-order valence-corrected chi connectivity index (χ2v) is 8.13. The molecule has 0 radical (unpaired) electrons. The molecule has 0 saturated heterocycles. The first kappa shape index (κ1) is 20.4. The summed E-state index contributed by atoms with van der Waals surface area (Å²) in [5.41, 5.74) is 0.340. The maximum absolute atomic E-state index is 12.3. The maximum Gasteiger partial charge on any atom is 0.251 e. The van der Waals surface area contributed by atoms with Crippen molar-refractivity contribution in [3.05, 3.63) is 42.5 Å². The predicted molar refractivity (Wildman–Crippen MR) is 97.4 cm³/mol. The molecule has 0 aliphatic heterocycles. The zero-order chi connectivity index (χ0) is 18.2. The molecule has 1 aromatic carbocycles. The SMILES string of the molecule is C=CCNS(=O)(=O)c1cccc(C(=O)N[C@@H](C)CCCC(C)C)c1. The summed E-state index contributed by atoms with van der Waals surface area (Å²) in [6.45, 7) is 9.94. The average molecular weight is 353 g/mol. The van der Waals surface area contributed by atoms with Crippen molar-refractivity contribution in [3.8, 4) is 0 Å². The summed E-state index contributed by atoms with van der Waals surface area (Å²) in [6.07, 6.45) is 4.55. The molecule has 0 bridgehead atoms. The largest absolute Gasteiger partial charge is 0.350 e. The lowest BCUT2D eigenvalue weighted by Gasteiger charge is -2.15. The van der Waals surface area contributed by atoms with Gasteiger partial charge in [0, 0.05) is 18.2 Å². The van der Waals surface area contributed by atoms with E-state index in [0.29, 0.717) is 11.5 Å². The first-order valence-corrected chi connectivity index (χ1v) is 9.76. The molecule has 24 heavy (non-hydrogen) atoms. The predicted octanol–water partition coefficient (Wildman–Crippen LogP) is 3.10. The third-order valence-corrected chi connectivity index (χ3v) is 5.04. The van der Waals surface area contributed by atoms with Crippen LogP contribution in [0.1, 0.15) is 50.4 Å². The van der Waals surface area contributed by atoms with Gasteiger partial charge in [-0.25, -0.2) is 13.1 Å². The van der Waals surface area contributed by atoms with Crippen LogP contribution in [-0.4, -0.2) is 26.9 Å². The number of rotatable bonds is 10. The summed E-state index contributed by atoms with van der Waals surface area (Å²) in [7, 11) is -3.63. The van der Waals surface area contributed by atoms with Crippen molar-refractivity contribution in [2.45, 2.75) is 51.0 Å². The summed E-state index contributed by atoms with van der Waals surface area (Å²) in [5, 5.41) is 2.92. The quantitative estimate of drug-likeness (QED) is 0.635. The van der Waals surface area contributed by atoms with E-state index in [1.807, 2.05) is 6.92 Å². The lowest BCUT2D eigenvalue weighted by Crippen LogP contribution is -2.32. The highest BCUT2D eigenvalue weighted by Crippen LogP contribution is 2.13. The Kier molecular flexibility index (Phi) is 8.15. The number of benzene rings is 1. The third-order valence-electron chi connectivity index (χ3n) is 3.62. The second kappa shape index (κ2) is 9.59. The highest BCUT2D eigenvalue weighted by Gasteiger charge is 2.16. The fourth-order valence-corrected chi connectivity index (χ4v) is 3.31. The van der Waals surface area contributed by atoms with Gasteiger partial charge in [-0.1, -0.05) is 38.8 Å². The summed E-state index contributed by atoms with van der Waals surface area (Å²) < 4.78 is 26.6. The number of carbonyl (C=O) groups is 1. The summed E-state index contributed by atoms with van der Waals surface area (Å²) >= 11 is 0. The Morgan fingerprint density at radius 2 is 1.96 bits per heavy atom. The van der Waals surface area contributed by atoms with Crippen molar-refractivity contribution in [2.75, 3.05) is 6.54 Å². The van der Waals surface area contributed by atoms with Crippen molar-refractivity contribution in [3.63, 3.8) is 0 Å².